The van der Waals surface area contributed by atoms with E-state index in [0.29, 0.717) is 11.8 Å². The van der Waals surface area contributed by atoms with Crippen LogP contribution in [0.25, 0.3) is 0 Å². The van der Waals surface area contributed by atoms with E-state index in [2.05, 4.69) is 0 Å². The molecule has 3 nitrogen and oxygen atoms in total. The molecule has 1 aromatic rings. The lowest BCUT2D eigenvalue weighted by Crippen LogP contribution is -2.24. The van der Waals surface area contributed by atoms with Gasteiger partial charge in [0.25, 0.3) is 10.1 Å². The molecule has 4 heteroatoms. The number of benzene rings is 1. The Hall–Kier alpha value is -0.870. The number of rotatable bonds is 3. The van der Waals surface area contributed by atoms with Crippen LogP contribution in [0, 0.1) is 18.8 Å². The number of hydrogen-bond donors (Lipinski definition) is 0. The highest BCUT2D eigenvalue weighted by Crippen LogP contribution is 2.46. The van der Waals surface area contributed by atoms with Gasteiger partial charge in [-0.2, -0.15) is 8.42 Å². The van der Waals surface area contributed by atoms with E-state index in [1.165, 1.54) is 6.42 Å². The molecule has 3 rings (SSSR count). The zero-order valence-corrected chi connectivity index (χ0v) is 11.3. The SMILES string of the molecule is Cc1ccc(S(=O)(=O)O[C@H]2C[C@H]3CC[C@@H]2C3)cc1. The minimum atomic E-state index is -3.58. The summed E-state index contributed by atoms with van der Waals surface area (Å²) in [6.45, 7) is 1.94. The van der Waals surface area contributed by atoms with Gasteiger partial charge in [-0.05, 0) is 56.6 Å². The molecule has 0 unspecified atom stereocenters. The van der Waals surface area contributed by atoms with E-state index < -0.39 is 10.1 Å². The Balaban J connectivity index is 1.77. The van der Waals surface area contributed by atoms with Gasteiger partial charge in [-0.3, -0.25) is 4.18 Å². The normalized spacial score (nSPS) is 30.8. The zero-order chi connectivity index (χ0) is 12.8. The molecular weight excluding hydrogens is 248 g/mol. The van der Waals surface area contributed by atoms with Gasteiger partial charge in [0.1, 0.15) is 0 Å². The van der Waals surface area contributed by atoms with Crippen LogP contribution < -0.4 is 0 Å². The van der Waals surface area contributed by atoms with Gasteiger partial charge < -0.3 is 0 Å². The molecule has 2 saturated carbocycles. The number of fused-ring (bicyclic) bond motifs is 2. The first-order valence-electron chi connectivity index (χ1n) is 6.54. The van der Waals surface area contributed by atoms with Crippen molar-refractivity contribution in [1.29, 1.82) is 0 Å². The topological polar surface area (TPSA) is 43.4 Å². The van der Waals surface area contributed by atoms with Crippen LogP contribution in [0.1, 0.15) is 31.2 Å². The maximum absolute atomic E-state index is 12.2. The van der Waals surface area contributed by atoms with Gasteiger partial charge in [0, 0.05) is 0 Å². The lowest BCUT2D eigenvalue weighted by molar-refractivity contribution is 0.145. The second kappa shape index (κ2) is 4.35. The fourth-order valence-corrected chi connectivity index (χ4v) is 4.37. The Morgan fingerprint density at radius 2 is 1.83 bits per heavy atom. The molecule has 1 aromatic carbocycles. The smallest absolute Gasteiger partial charge is 0.263 e. The molecule has 0 aliphatic heterocycles. The molecule has 0 amide bonds. The maximum atomic E-state index is 12.2. The van der Waals surface area contributed by atoms with Crippen molar-refractivity contribution < 1.29 is 12.6 Å². The summed E-state index contributed by atoms with van der Waals surface area (Å²) in [5, 5.41) is 0. The van der Waals surface area contributed by atoms with Crippen LogP contribution in [0.5, 0.6) is 0 Å². The lowest BCUT2D eigenvalue weighted by Gasteiger charge is -2.21. The van der Waals surface area contributed by atoms with Crippen molar-refractivity contribution in [3.63, 3.8) is 0 Å². The van der Waals surface area contributed by atoms with E-state index in [0.717, 1.165) is 24.8 Å². The summed E-state index contributed by atoms with van der Waals surface area (Å²) < 4.78 is 29.7. The molecule has 0 N–H and O–H groups in total. The molecule has 18 heavy (non-hydrogen) atoms. The molecule has 0 radical (unpaired) electrons. The van der Waals surface area contributed by atoms with Crippen molar-refractivity contribution in [2.45, 2.75) is 43.6 Å². The quantitative estimate of drug-likeness (QED) is 0.790. The summed E-state index contributed by atoms with van der Waals surface area (Å²) in [7, 11) is -3.58. The Kier molecular flexibility index (Phi) is 2.94. The molecule has 2 aliphatic carbocycles. The van der Waals surface area contributed by atoms with Crippen molar-refractivity contribution in [1.82, 2.24) is 0 Å². The van der Waals surface area contributed by atoms with Gasteiger partial charge in [0.2, 0.25) is 0 Å². The summed E-state index contributed by atoms with van der Waals surface area (Å²) in [6, 6.07) is 6.85. The van der Waals surface area contributed by atoms with E-state index in [9.17, 15) is 8.42 Å². The van der Waals surface area contributed by atoms with Gasteiger partial charge in [0.05, 0.1) is 11.0 Å². The second-order valence-corrected chi connectivity index (χ2v) is 7.15. The van der Waals surface area contributed by atoms with Crippen LogP contribution in [-0.2, 0) is 14.3 Å². The highest BCUT2D eigenvalue weighted by atomic mass is 32.2. The fourth-order valence-electron chi connectivity index (χ4n) is 3.23. The lowest BCUT2D eigenvalue weighted by atomic mass is 9.98. The third-order valence-electron chi connectivity index (χ3n) is 4.23. The molecule has 0 aromatic heterocycles. The predicted molar refractivity (Wildman–Crippen MR) is 68.7 cm³/mol. The van der Waals surface area contributed by atoms with Crippen molar-refractivity contribution in [2.75, 3.05) is 0 Å². The largest absolute Gasteiger partial charge is 0.297 e. The standard InChI is InChI=1S/C14H18O3S/c1-10-2-6-13(7-3-10)18(15,16)17-14-9-11-4-5-12(14)8-11/h2-3,6-7,11-12,14H,4-5,8-9H2,1H3/t11-,12+,14-/m0/s1. The first-order chi connectivity index (χ1) is 8.54. The van der Waals surface area contributed by atoms with Gasteiger partial charge in [0.15, 0.2) is 0 Å². The summed E-state index contributed by atoms with van der Waals surface area (Å²) in [5.41, 5.74) is 1.05. The minimum Gasteiger partial charge on any atom is -0.263 e. The molecule has 2 bridgehead atoms. The van der Waals surface area contributed by atoms with Crippen LogP contribution in [0.3, 0.4) is 0 Å². The number of hydrogen-bond acceptors (Lipinski definition) is 3. The van der Waals surface area contributed by atoms with Gasteiger partial charge in [-0.25, -0.2) is 0 Å². The Morgan fingerprint density at radius 1 is 1.11 bits per heavy atom. The predicted octanol–water partition coefficient (Wildman–Crippen LogP) is 2.89. The Labute approximate surface area is 108 Å². The van der Waals surface area contributed by atoms with Gasteiger partial charge in [-0.15, -0.1) is 0 Å². The monoisotopic (exact) mass is 266 g/mol. The van der Waals surface area contributed by atoms with E-state index in [1.54, 1.807) is 24.3 Å². The summed E-state index contributed by atoms with van der Waals surface area (Å²) in [4.78, 5) is 0.274. The average Bonchev–Trinajstić information content (AvgIpc) is 2.91. The van der Waals surface area contributed by atoms with Gasteiger partial charge >= 0.3 is 0 Å². The Morgan fingerprint density at radius 3 is 2.39 bits per heavy atom. The third kappa shape index (κ3) is 2.19. The van der Waals surface area contributed by atoms with Crippen molar-refractivity contribution >= 4 is 10.1 Å². The van der Waals surface area contributed by atoms with Crippen LogP contribution in [-0.4, -0.2) is 14.5 Å². The molecule has 2 fully saturated rings. The second-order valence-electron chi connectivity index (χ2n) is 5.58. The molecular formula is C14H18O3S. The van der Waals surface area contributed by atoms with Crippen LogP contribution in [0.2, 0.25) is 0 Å². The maximum Gasteiger partial charge on any atom is 0.297 e. The first-order valence-corrected chi connectivity index (χ1v) is 7.95. The molecule has 0 spiro atoms. The molecule has 98 valence electrons. The van der Waals surface area contributed by atoms with Crippen molar-refractivity contribution in [3.05, 3.63) is 29.8 Å². The highest BCUT2D eigenvalue weighted by Gasteiger charge is 2.42. The average molecular weight is 266 g/mol. The van der Waals surface area contributed by atoms with Crippen LogP contribution in [0.15, 0.2) is 29.2 Å². The zero-order valence-electron chi connectivity index (χ0n) is 10.5. The van der Waals surface area contributed by atoms with E-state index in [4.69, 9.17) is 4.18 Å². The summed E-state index contributed by atoms with van der Waals surface area (Å²) in [6.07, 6.45) is 4.34. The van der Waals surface area contributed by atoms with Crippen molar-refractivity contribution in [3.8, 4) is 0 Å². The minimum absolute atomic E-state index is 0.0879. The molecule has 3 atom stereocenters. The molecule has 0 saturated heterocycles. The Bertz CT molecular complexity index is 533. The highest BCUT2D eigenvalue weighted by molar-refractivity contribution is 7.86. The van der Waals surface area contributed by atoms with E-state index in [-0.39, 0.29) is 11.0 Å². The van der Waals surface area contributed by atoms with Crippen LogP contribution >= 0.6 is 0 Å². The van der Waals surface area contributed by atoms with E-state index in [1.807, 2.05) is 6.92 Å². The molecule has 0 heterocycles. The summed E-state index contributed by atoms with van der Waals surface area (Å²) >= 11 is 0. The third-order valence-corrected chi connectivity index (χ3v) is 5.58. The summed E-state index contributed by atoms with van der Waals surface area (Å²) in [5.74, 6) is 1.14. The van der Waals surface area contributed by atoms with E-state index >= 15 is 0 Å². The fraction of sp³-hybridized carbons (Fsp3) is 0.571. The first kappa shape index (κ1) is 12.2. The van der Waals surface area contributed by atoms with Gasteiger partial charge in [-0.1, -0.05) is 17.7 Å². The molecule has 2 aliphatic rings. The number of aryl methyl sites for hydroxylation is 1. The van der Waals surface area contributed by atoms with Crippen molar-refractivity contribution in [2.24, 2.45) is 11.8 Å². The van der Waals surface area contributed by atoms with Crippen LogP contribution in [0.4, 0.5) is 0 Å².